The summed E-state index contributed by atoms with van der Waals surface area (Å²) in [6.07, 6.45) is -4.62. The number of nitrogens with one attached hydrogen (secondary N) is 1. The van der Waals surface area contributed by atoms with Crippen LogP contribution in [0, 0.1) is 27.7 Å². The fourth-order valence-electron chi connectivity index (χ4n) is 2.25. The van der Waals surface area contributed by atoms with Gasteiger partial charge in [0.15, 0.2) is 11.5 Å². The van der Waals surface area contributed by atoms with Gasteiger partial charge in [-0.2, -0.15) is 17.7 Å². The molecule has 0 unspecified atom stereocenters. The molecule has 0 aromatic carbocycles. The maximum Gasteiger partial charge on any atom is 0.453 e. The minimum absolute atomic E-state index is 0.103. The van der Waals surface area contributed by atoms with Crippen molar-refractivity contribution in [3.8, 4) is 0 Å². The van der Waals surface area contributed by atoms with Gasteiger partial charge in [-0.05, 0) is 33.3 Å². The lowest BCUT2D eigenvalue weighted by molar-refractivity contribution is -0.146. The number of thiazole rings is 1. The van der Waals surface area contributed by atoms with Gasteiger partial charge >= 0.3 is 6.18 Å². The largest absolute Gasteiger partial charge is 0.453 e. The van der Waals surface area contributed by atoms with Crippen LogP contribution in [0.15, 0.2) is 0 Å². The van der Waals surface area contributed by atoms with E-state index in [1.807, 2.05) is 13.8 Å². The van der Waals surface area contributed by atoms with E-state index in [2.05, 4.69) is 25.6 Å². The lowest BCUT2D eigenvalue weighted by atomic mass is 10.2. The predicted octanol–water partition coefficient (Wildman–Crippen LogP) is 3.45. The Morgan fingerprint density at radius 3 is 2.38 bits per heavy atom. The molecule has 0 aliphatic heterocycles. The summed E-state index contributed by atoms with van der Waals surface area (Å²) in [5.74, 6) is -0.777. The molecular weight excluding hydrogens is 341 g/mol. The van der Waals surface area contributed by atoms with Gasteiger partial charge < -0.3 is 5.32 Å². The number of aromatic nitrogens is 5. The number of rotatable bonds is 3. The number of alkyl halides is 3. The van der Waals surface area contributed by atoms with E-state index in [1.54, 1.807) is 25.2 Å². The smallest absolute Gasteiger partial charge is 0.362 e. The van der Waals surface area contributed by atoms with Crippen molar-refractivity contribution in [3.05, 3.63) is 32.5 Å². The summed E-state index contributed by atoms with van der Waals surface area (Å²) >= 11 is 1.54. The van der Waals surface area contributed by atoms with Crippen LogP contribution >= 0.6 is 11.3 Å². The van der Waals surface area contributed by atoms with E-state index < -0.39 is 12.0 Å². The summed E-state index contributed by atoms with van der Waals surface area (Å²) in [5.41, 5.74) is 2.38. The molecule has 0 aliphatic carbocycles. The van der Waals surface area contributed by atoms with Crippen LogP contribution in [0.5, 0.6) is 0 Å². The van der Waals surface area contributed by atoms with Crippen LogP contribution in [-0.2, 0) is 12.7 Å². The van der Waals surface area contributed by atoms with E-state index in [-0.39, 0.29) is 5.65 Å². The fourth-order valence-corrected chi connectivity index (χ4v) is 3.12. The monoisotopic (exact) mass is 356 g/mol. The van der Waals surface area contributed by atoms with Crippen molar-refractivity contribution in [3.63, 3.8) is 0 Å². The van der Waals surface area contributed by atoms with E-state index >= 15 is 0 Å². The fraction of sp³-hybridized carbons (Fsp3) is 0.429. The Bertz CT molecular complexity index is 892. The zero-order chi connectivity index (χ0) is 17.6. The number of aryl methyl sites for hydroxylation is 3. The van der Waals surface area contributed by atoms with E-state index in [4.69, 9.17) is 0 Å². The van der Waals surface area contributed by atoms with Crippen LogP contribution in [0.25, 0.3) is 5.65 Å². The molecule has 3 aromatic rings. The summed E-state index contributed by atoms with van der Waals surface area (Å²) < 4.78 is 39.8. The second-order valence-electron chi connectivity index (χ2n) is 5.46. The topological polar surface area (TPSA) is 68.0 Å². The third-order valence-corrected chi connectivity index (χ3v) is 4.90. The van der Waals surface area contributed by atoms with Gasteiger partial charge in [0.05, 0.1) is 12.2 Å². The molecule has 6 nitrogen and oxygen atoms in total. The molecule has 128 valence electrons. The molecule has 3 aromatic heterocycles. The molecule has 24 heavy (non-hydrogen) atoms. The van der Waals surface area contributed by atoms with Crippen molar-refractivity contribution in [2.75, 3.05) is 5.32 Å². The maximum atomic E-state index is 13.0. The number of fused-ring (bicyclic) bond motifs is 1. The minimum Gasteiger partial charge on any atom is -0.362 e. The molecule has 0 bridgehead atoms. The molecule has 3 heterocycles. The van der Waals surface area contributed by atoms with Gasteiger partial charge in [0.2, 0.25) is 0 Å². The molecule has 0 atom stereocenters. The summed E-state index contributed by atoms with van der Waals surface area (Å²) in [6, 6.07) is 0. The Balaban J connectivity index is 1.99. The molecule has 10 heteroatoms. The quantitative estimate of drug-likeness (QED) is 0.779. The minimum atomic E-state index is -4.62. The van der Waals surface area contributed by atoms with Gasteiger partial charge in [-0.1, -0.05) is 0 Å². The standard InChI is InChI=1S/C14H15F3N6S/c1-6-7(2)12-20-21-13(14(15,16)17)23(12)22-11(6)18-5-10-19-8(3)9(4)24-10/h5H2,1-4H3,(H,18,22). The molecular formula is C14H15F3N6S. The highest BCUT2D eigenvalue weighted by Gasteiger charge is 2.38. The summed E-state index contributed by atoms with van der Waals surface area (Å²) in [6.45, 7) is 7.77. The molecule has 0 radical (unpaired) electrons. The number of halogens is 3. The van der Waals surface area contributed by atoms with Gasteiger partial charge in [0.25, 0.3) is 5.82 Å². The van der Waals surface area contributed by atoms with E-state index in [0.717, 1.165) is 25.7 Å². The van der Waals surface area contributed by atoms with E-state index in [1.165, 1.54) is 0 Å². The van der Waals surface area contributed by atoms with Gasteiger partial charge in [-0.25, -0.2) is 4.98 Å². The first-order valence-corrected chi connectivity index (χ1v) is 7.96. The SMILES string of the molecule is Cc1nc(CNc2nn3c(C(F)(F)F)nnc3c(C)c2C)sc1C. The number of hydrogen-bond donors (Lipinski definition) is 1. The lowest BCUT2D eigenvalue weighted by Gasteiger charge is -2.11. The van der Waals surface area contributed by atoms with Crippen molar-refractivity contribution < 1.29 is 13.2 Å². The molecule has 0 saturated carbocycles. The Hall–Kier alpha value is -2.23. The zero-order valence-electron chi connectivity index (χ0n) is 13.5. The third-order valence-electron chi connectivity index (χ3n) is 3.83. The third kappa shape index (κ3) is 2.81. The Morgan fingerprint density at radius 2 is 1.79 bits per heavy atom. The molecule has 0 amide bonds. The Kier molecular flexibility index (Phi) is 3.94. The molecule has 0 fully saturated rings. The van der Waals surface area contributed by atoms with Crippen molar-refractivity contribution in [1.82, 2.24) is 24.8 Å². The zero-order valence-corrected chi connectivity index (χ0v) is 14.3. The van der Waals surface area contributed by atoms with E-state index in [9.17, 15) is 13.2 Å². The van der Waals surface area contributed by atoms with Gasteiger partial charge in [-0.3, -0.25) is 0 Å². The highest BCUT2D eigenvalue weighted by molar-refractivity contribution is 7.11. The van der Waals surface area contributed by atoms with Crippen molar-refractivity contribution >= 4 is 22.8 Å². The average Bonchev–Trinajstić information content (AvgIpc) is 3.05. The van der Waals surface area contributed by atoms with Gasteiger partial charge in [-0.15, -0.1) is 26.6 Å². The van der Waals surface area contributed by atoms with Crippen LogP contribution in [0.4, 0.5) is 19.0 Å². The molecule has 0 saturated heterocycles. The summed E-state index contributed by atoms with van der Waals surface area (Å²) in [5, 5.41) is 14.8. The highest BCUT2D eigenvalue weighted by Crippen LogP contribution is 2.30. The Morgan fingerprint density at radius 1 is 1.08 bits per heavy atom. The first-order chi connectivity index (χ1) is 11.2. The lowest BCUT2D eigenvalue weighted by Crippen LogP contribution is -2.15. The predicted molar refractivity (Wildman–Crippen MR) is 84.2 cm³/mol. The van der Waals surface area contributed by atoms with Gasteiger partial charge in [0, 0.05) is 10.4 Å². The number of nitrogens with zero attached hydrogens (tertiary/aromatic N) is 5. The summed E-state index contributed by atoms with van der Waals surface area (Å²) in [7, 11) is 0. The van der Waals surface area contributed by atoms with Crippen LogP contribution in [-0.4, -0.2) is 24.8 Å². The van der Waals surface area contributed by atoms with Gasteiger partial charge in [0.1, 0.15) is 5.01 Å². The van der Waals surface area contributed by atoms with Crippen LogP contribution in [0.2, 0.25) is 0 Å². The molecule has 3 rings (SSSR count). The van der Waals surface area contributed by atoms with Crippen LogP contribution < -0.4 is 5.32 Å². The van der Waals surface area contributed by atoms with E-state index in [0.29, 0.717) is 17.9 Å². The van der Waals surface area contributed by atoms with Crippen LogP contribution in [0.3, 0.4) is 0 Å². The second-order valence-corrected chi connectivity index (χ2v) is 6.75. The van der Waals surface area contributed by atoms with Crippen LogP contribution in [0.1, 0.15) is 32.5 Å². The second kappa shape index (κ2) is 5.69. The molecule has 0 aliphatic rings. The molecule has 0 spiro atoms. The van der Waals surface area contributed by atoms with Crippen molar-refractivity contribution in [2.45, 2.75) is 40.4 Å². The van der Waals surface area contributed by atoms with Crippen molar-refractivity contribution in [2.24, 2.45) is 0 Å². The first-order valence-electron chi connectivity index (χ1n) is 7.15. The normalized spacial score (nSPS) is 12.1. The summed E-state index contributed by atoms with van der Waals surface area (Å²) in [4.78, 5) is 5.52. The highest BCUT2D eigenvalue weighted by atomic mass is 32.1. The Labute approximate surface area is 139 Å². The number of hydrogen-bond acceptors (Lipinski definition) is 6. The number of anilines is 1. The maximum absolute atomic E-state index is 13.0. The average molecular weight is 356 g/mol. The first kappa shape index (κ1) is 16.6. The molecule has 1 N–H and O–H groups in total. The van der Waals surface area contributed by atoms with Crippen molar-refractivity contribution in [1.29, 1.82) is 0 Å².